The van der Waals surface area contributed by atoms with Gasteiger partial charge in [0.25, 0.3) is 10.0 Å². The number of nitrogens with zero attached hydrogens (tertiary/aromatic N) is 1. The maximum absolute atomic E-state index is 13.3. The van der Waals surface area contributed by atoms with E-state index in [0.717, 1.165) is 22.0 Å². The number of rotatable bonds is 7. The van der Waals surface area contributed by atoms with Crippen LogP contribution in [0.5, 0.6) is 0 Å². The van der Waals surface area contributed by atoms with E-state index in [1.54, 1.807) is 30.3 Å². The molecule has 0 aliphatic rings. The number of carbonyl (C=O) groups excluding carboxylic acids is 1. The zero-order valence-electron chi connectivity index (χ0n) is 17.1. The van der Waals surface area contributed by atoms with Gasteiger partial charge in [-0.3, -0.25) is 9.10 Å². The molecule has 0 N–H and O–H groups in total. The highest BCUT2D eigenvalue weighted by atomic mass is 32.2. The molecule has 0 heterocycles. The van der Waals surface area contributed by atoms with Crippen molar-refractivity contribution in [2.75, 3.05) is 10.8 Å². The molecule has 0 unspecified atom stereocenters. The fourth-order valence-electron chi connectivity index (χ4n) is 3.04. The Balaban J connectivity index is 1.97. The summed E-state index contributed by atoms with van der Waals surface area (Å²) in [7, 11) is -4.00. The van der Waals surface area contributed by atoms with Gasteiger partial charge in [0, 0.05) is 5.56 Å². The summed E-state index contributed by atoms with van der Waals surface area (Å²) < 4.78 is 66.6. The summed E-state index contributed by atoms with van der Waals surface area (Å²) in [5, 5.41) is 0. The molecular weight excluding hydrogens is 439 g/mol. The summed E-state index contributed by atoms with van der Waals surface area (Å²) in [6.45, 7) is 1.69. The van der Waals surface area contributed by atoms with Crippen molar-refractivity contribution in [2.45, 2.75) is 18.0 Å². The number of carbonyl (C=O) groups is 1. The molecule has 0 atom stereocenters. The molecule has 4 nitrogen and oxygen atoms in total. The van der Waals surface area contributed by atoms with Gasteiger partial charge in [-0.1, -0.05) is 54.1 Å². The van der Waals surface area contributed by atoms with E-state index in [1.165, 1.54) is 42.5 Å². The maximum Gasteiger partial charge on any atom is 0.416 e. The number of halogens is 3. The molecule has 3 aromatic carbocycles. The van der Waals surface area contributed by atoms with Gasteiger partial charge in [0.2, 0.25) is 0 Å². The van der Waals surface area contributed by atoms with Crippen molar-refractivity contribution in [3.05, 3.63) is 101 Å². The average Bonchev–Trinajstić information content (AvgIpc) is 2.76. The molecule has 0 fully saturated rings. The molecule has 166 valence electrons. The molecule has 0 amide bonds. The Bertz CT molecular complexity index is 1230. The van der Waals surface area contributed by atoms with Crippen molar-refractivity contribution in [1.82, 2.24) is 0 Å². The van der Waals surface area contributed by atoms with Gasteiger partial charge in [0.05, 0.1) is 22.7 Å². The zero-order valence-corrected chi connectivity index (χ0v) is 17.9. The van der Waals surface area contributed by atoms with Gasteiger partial charge in [0.1, 0.15) is 6.29 Å². The first kappa shape index (κ1) is 23.3. The molecule has 0 aliphatic carbocycles. The minimum Gasteiger partial charge on any atom is -0.298 e. The van der Waals surface area contributed by atoms with Crippen LogP contribution in [-0.2, 0) is 16.2 Å². The highest BCUT2D eigenvalue weighted by Crippen LogP contribution is 2.30. The van der Waals surface area contributed by atoms with Gasteiger partial charge < -0.3 is 0 Å². The first-order chi connectivity index (χ1) is 15.1. The van der Waals surface area contributed by atoms with Crippen LogP contribution < -0.4 is 4.31 Å². The Morgan fingerprint density at radius 1 is 0.906 bits per heavy atom. The maximum atomic E-state index is 13.3. The smallest absolute Gasteiger partial charge is 0.298 e. The van der Waals surface area contributed by atoms with Crippen LogP contribution in [0.2, 0.25) is 0 Å². The van der Waals surface area contributed by atoms with Gasteiger partial charge in [-0.05, 0) is 48.9 Å². The predicted octanol–water partition coefficient (Wildman–Crippen LogP) is 5.74. The zero-order chi connectivity index (χ0) is 23.4. The van der Waals surface area contributed by atoms with E-state index >= 15 is 0 Å². The largest absolute Gasteiger partial charge is 0.416 e. The molecule has 0 saturated heterocycles. The van der Waals surface area contributed by atoms with Crippen LogP contribution in [0.1, 0.15) is 27.0 Å². The van der Waals surface area contributed by atoms with Crippen molar-refractivity contribution in [1.29, 1.82) is 0 Å². The van der Waals surface area contributed by atoms with Crippen LogP contribution >= 0.6 is 0 Å². The number of aldehydes is 1. The quantitative estimate of drug-likeness (QED) is 0.424. The second kappa shape index (κ2) is 9.40. The molecule has 0 saturated carbocycles. The number of benzene rings is 3. The van der Waals surface area contributed by atoms with Crippen LogP contribution in [0.3, 0.4) is 0 Å². The molecule has 3 aromatic rings. The fourth-order valence-corrected chi connectivity index (χ4v) is 4.44. The minimum atomic E-state index is -4.47. The van der Waals surface area contributed by atoms with Crippen molar-refractivity contribution in [2.24, 2.45) is 0 Å². The topological polar surface area (TPSA) is 54.5 Å². The van der Waals surface area contributed by atoms with Crippen LogP contribution in [0.4, 0.5) is 18.9 Å². The summed E-state index contributed by atoms with van der Waals surface area (Å²) in [4.78, 5) is 11.2. The molecule has 8 heteroatoms. The summed E-state index contributed by atoms with van der Waals surface area (Å²) in [6, 6.07) is 17.2. The molecule has 32 heavy (non-hydrogen) atoms. The monoisotopic (exact) mass is 459 g/mol. The Morgan fingerprint density at radius 3 is 2.22 bits per heavy atom. The highest BCUT2D eigenvalue weighted by molar-refractivity contribution is 7.92. The Labute approximate surface area is 184 Å². The van der Waals surface area contributed by atoms with Crippen molar-refractivity contribution < 1.29 is 26.4 Å². The van der Waals surface area contributed by atoms with E-state index in [4.69, 9.17) is 0 Å². The first-order valence-corrected chi connectivity index (χ1v) is 11.0. The lowest BCUT2D eigenvalue weighted by Gasteiger charge is -2.23. The second-order valence-electron chi connectivity index (χ2n) is 7.09. The molecule has 3 rings (SSSR count). The van der Waals surface area contributed by atoms with Gasteiger partial charge in [-0.15, -0.1) is 0 Å². The fraction of sp³-hybridized carbons (Fsp3) is 0.125. The van der Waals surface area contributed by atoms with E-state index in [9.17, 15) is 26.4 Å². The van der Waals surface area contributed by atoms with Gasteiger partial charge in [0.15, 0.2) is 0 Å². The molecule has 0 aromatic heterocycles. The number of anilines is 1. The Hall–Kier alpha value is -3.39. The average molecular weight is 459 g/mol. The van der Waals surface area contributed by atoms with E-state index in [1.807, 2.05) is 6.92 Å². The van der Waals surface area contributed by atoms with E-state index in [2.05, 4.69) is 0 Å². The Morgan fingerprint density at radius 2 is 1.56 bits per heavy atom. The molecule has 0 aliphatic heterocycles. The summed E-state index contributed by atoms with van der Waals surface area (Å²) in [6.07, 6.45) is -0.968. The van der Waals surface area contributed by atoms with Crippen LogP contribution in [0.15, 0.2) is 83.8 Å². The van der Waals surface area contributed by atoms with Crippen molar-refractivity contribution in [3.63, 3.8) is 0 Å². The van der Waals surface area contributed by atoms with Gasteiger partial charge >= 0.3 is 6.18 Å². The number of alkyl halides is 3. The van der Waals surface area contributed by atoms with E-state index < -0.39 is 21.8 Å². The number of hydrogen-bond acceptors (Lipinski definition) is 3. The van der Waals surface area contributed by atoms with Crippen molar-refractivity contribution in [3.8, 4) is 0 Å². The third-order valence-corrected chi connectivity index (χ3v) is 6.51. The summed E-state index contributed by atoms with van der Waals surface area (Å²) in [5.41, 5.74) is 0.955. The van der Waals surface area contributed by atoms with E-state index in [0.29, 0.717) is 11.8 Å². The van der Waals surface area contributed by atoms with E-state index in [-0.39, 0.29) is 22.7 Å². The number of sulfonamides is 1. The lowest BCUT2D eigenvalue weighted by Crippen LogP contribution is -2.31. The third kappa shape index (κ3) is 5.45. The normalized spacial score (nSPS) is 12.1. The third-order valence-electron chi connectivity index (χ3n) is 4.70. The standard InChI is InChI=1S/C24H20F3NO3S/c1-18-10-12-23(13-11-18)32(30,31)28(22-9-3-6-20(16-22)17-29)14-4-7-19-5-2-8-21(15-19)24(25,26)27/h2-13,15-17H,14H2,1H3/b7-4+. The first-order valence-electron chi connectivity index (χ1n) is 9.60. The number of aryl methyl sites for hydroxylation is 1. The predicted molar refractivity (Wildman–Crippen MR) is 118 cm³/mol. The molecule has 0 bridgehead atoms. The second-order valence-corrected chi connectivity index (χ2v) is 8.95. The lowest BCUT2D eigenvalue weighted by molar-refractivity contribution is -0.137. The van der Waals surface area contributed by atoms with Gasteiger partial charge in [-0.2, -0.15) is 13.2 Å². The molecule has 0 spiro atoms. The summed E-state index contributed by atoms with van der Waals surface area (Å²) >= 11 is 0. The lowest BCUT2D eigenvalue weighted by atomic mass is 10.1. The van der Waals surface area contributed by atoms with Gasteiger partial charge in [-0.25, -0.2) is 8.42 Å². The molecular formula is C24H20F3NO3S. The highest BCUT2D eigenvalue weighted by Gasteiger charge is 2.30. The van der Waals surface area contributed by atoms with Crippen molar-refractivity contribution >= 4 is 28.1 Å². The Kier molecular flexibility index (Phi) is 6.84. The van der Waals surface area contributed by atoms with Crippen LogP contribution in [0.25, 0.3) is 6.08 Å². The van der Waals surface area contributed by atoms with Crippen LogP contribution in [-0.4, -0.2) is 21.2 Å². The SMILES string of the molecule is Cc1ccc(S(=O)(=O)N(C/C=C/c2cccc(C(F)(F)F)c2)c2cccc(C=O)c2)cc1. The number of hydrogen-bond donors (Lipinski definition) is 0. The van der Waals surface area contributed by atoms with Crippen LogP contribution in [0, 0.1) is 6.92 Å². The molecule has 0 radical (unpaired) electrons. The summed E-state index contributed by atoms with van der Waals surface area (Å²) in [5.74, 6) is 0. The minimum absolute atomic E-state index is 0.0621.